The Morgan fingerprint density at radius 3 is 1.96 bits per heavy atom. The van der Waals surface area contributed by atoms with Gasteiger partial charge in [-0.05, 0) is 35.4 Å². The number of hydrogen-bond acceptors (Lipinski definition) is 3. The number of amides is 1. The van der Waals surface area contributed by atoms with Crippen molar-refractivity contribution in [3.05, 3.63) is 87.9 Å². The minimum atomic E-state index is -1.14. The first kappa shape index (κ1) is 19.0. The van der Waals surface area contributed by atoms with Crippen molar-refractivity contribution in [1.82, 2.24) is 14.9 Å². The molecule has 0 radical (unpaired) electrons. The molecule has 1 aliphatic rings. The number of aromatic amines is 1. The van der Waals surface area contributed by atoms with Gasteiger partial charge in [0.25, 0.3) is 0 Å². The van der Waals surface area contributed by atoms with E-state index in [0.29, 0.717) is 42.2 Å². The largest absolute Gasteiger partial charge is 0.378 e. The number of rotatable bonds is 4. The van der Waals surface area contributed by atoms with Crippen molar-refractivity contribution in [1.29, 1.82) is 0 Å². The molecule has 0 bridgehead atoms. The Kier molecular flexibility index (Phi) is 5.40. The summed E-state index contributed by atoms with van der Waals surface area (Å²) in [6.45, 7) is 2.09. The predicted molar refractivity (Wildman–Crippen MR) is 109 cm³/mol. The summed E-state index contributed by atoms with van der Waals surface area (Å²) in [4.78, 5) is 23.5. The number of aromatic nitrogens is 2. The second-order valence-electron chi connectivity index (χ2n) is 6.61. The van der Waals surface area contributed by atoms with Crippen LogP contribution in [0.2, 0.25) is 10.0 Å². The summed E-state index contributed by atoms with van der Waals surface area (Å²) >= 11 is 12.3. The summed E-state index contributed by atoms with van der Waals surface area (Å²) in [5, 5.41) is 1.21. The summed E-state index contributed by atoms with van der Waals surface area (Å²) in [5.41, 5.74) is 0.423. The molecule has 5 nitrogen and oxygen atoms in total. The Balaban J connectivity index is 1.97. The first-order valence-electron chi connectivity index (χ1n) is 9.01. The fourth-order valence-electron chi connectivity index (χ4n) is 3.66. The van der Waals surface area contributed by atoms with E-state index in [2.05, 4.69) is 9.97 Å². The van der Waals surface area contributed by atoms with Crippen LogP contribution in [0.15, 0.2) is 60.9 Å². The van der Waals surface area contributed by atoms with Crippen molar-refractivity contribution in [2.75, 3.05) is 26.3 Å². The standard InChI is InChI=1S/C21H19Cl2N3O2/c22-17-5-1-15(2-6-17)21(19-24-9-10-25-19,16-3-7-18(23)8-4-16)20(27)26-11-13-28-14-12-26/h1-10H,11-14H2,(H,24,25). The van der Waals surface area contributed by atoms with Gasteiger partial charge in [-0.1, -0.05) is 47.5 Å². The van der Waals surface area contributed by atoms with Crippen LogP contribution in [-0.2, 0) is 14.9 Å². The van der Waals surface area contributed by atoms with Gasteiger partial charge < -0.3 is 14.6 Å². The normalized spacial score (nSPS) is 14.9. The van der Waals surface area contributed by atoms with Gasteiger partial charge in [-0.15, -0.1) is 0 Å². The summed E-state index contributed by atoms with van der Waals surface area (Å²) in [7, 11) is 0. The van der Waals surface area contributed by atoms with Gasteiger partial charge in [0, 0.05) is 35.5 Å². The van der Waals surface area contributed by atoms with Crippen LogP contribution < -0.4 is 0 Å². The maximum Gasteiger partial charge on any atom is 0.245 e. The van der Waals surface area contributed by atoms with E-state index < -0.39 is 5.41 Å². The molecule has 144 valence electrons. The molecule has 0 atom stereocenters. The molecule has 7 heteroatoms. The third kappa shape index (κ3) is 3.30. The number of hydrogen-bond donors (Lipinski definition) is 1. The summed E-state index contributed by atoms with van der Waals surface area (Å²) < 4.78 is 5.44. The average molecular weight is 416 g/mol. The number of benzene rings is 2. The number of morpholine rings is 1. The second-order valence-corrected chi connectivity index (χ2v) is 7.48. The minimum absolute atomic E-state index is 0.0598. The van der Waals surface area contributed by atoms with Gasteiger partial charge in [0.1, 0.15) is 5.82 Å². The summed E-state index contributed by atoms with van der Waals surface area (Å²) in [6.07, 6.45) is 3.38. The Labute approximate surface area is 173 Å². The van der Waals surface area contributed by atoms with Crippen LogP contribution in [0.4, 0.5) is 0 Å². The van der Waals surface area contributed by atoms with E-state index in [9.17, 15) is 4.79 Å². The first-order valence-corrected chi connectivity index (χ1v) is 9.77. The highest BCUT2D eigenvalue weighted by molar-refractivity contribution is 6.30. The highest BCUT2D eigenvalue weighted by Crippen LogP contribution is 2.40. The molecule has 1 saturated heterocycles. The van der Waals surface area contributed by atoms with Crippen LogP contribution >= 0.6 is 23.2 Å². The van der Waals surface area contributed by atoms with E-state index in [0.717, 1.165) is 11.1 Å². The molecule has 0 aliphatic carbocycles. The monoisotopic (exact) mass is 415 g/mol. The lowest BCUT2D eigenvalue weighted by Crippen LogP contribution is -2.52. The molecular weight excluding hydrogens is 397 g/mol. The molecule has 2 heterocycles. The third-order valence-electron chi connectivity index (χ3n) is 5.03. The summed E-state index contributed by atoms with van der Waals surface area (Å²) in [6, 6.07) is 14.6. The van der Waals surface area contributed by atoms with Crippen molar-refractivity contribution >= 4 is 29.1 Å². The fourth-order valence-corrected chi connectivity index (χ4v) is 3.91. The maximum absolute atomic E-state index is 14.0. The average Bonchev–Trinajstić information content (AvgIpc) is 3.27. The number of ether oxygens (including phenoxy) is 1. The number of carbonyl (C=O) groups excluding carboxylic acids is 1. The molecule has 1 aromatic heterocycles. The predicted octanol–water partition coefficient (Wildman–Crippen LogP) is 3.91. The van der Waals surface area contributed by atoms with Crippen LogP contribution in [-0.4, -0.2) is 47.1 Å². The van der Waals surface area contributed by atoms with Crippen molar-refractivity contribution in [2.45, 2.75) is 5.41 Å². The molecule has 2 aromatic carbocycles. The molecule has 3 aromatic rings. The maximum atomic E-state index is 14.0. The number of nitrogens with zero attached hydrogens (tertiary/aromatic N) is 2. The smallest absolute Gasteiger partial charge is 0.245 e. The van der Waals surface area contributed by atoms with Crippen molar-refractivity contribution < 1.29 is 9.53 Å². The Morgan fingerprint density at radius 1 is 0.964 bits per heavy atom. The fraction of sp³-hybridized carbons (Fsp3) is 0.238. The van der Waals surface area contributed by atoms with Crippen LogP contribution in [0.3, 0.4) is 0 Å². The highest BCUT2D eigenvalue weighted by atomic mass is 35.5. The molecule has 0 saturated carbocycles. The van der Waals surface area contributed by atoms with Crippen LogP contribution in [0, 0.1) is 0 Å². The Bertz CT molecular complexity index is 889. The minimum Gasteiger partial charge on any atom is -0.378 e. The van der Waals surface area contributed by atoms with Crippen molar-refractivity contribution in [3.63, 3.8) is 0 Å². The zero-order chi connectivity index (χ0) is 19.6. The Morgan fingerprint density at radius 2 is 1.50 bits per heavy atom. The van der Waals surface area contributed by atoms with Gasteiger partial charge in [-0.3, -0.25) is 4.79 Å². The number of H-pyrrole nitrogens is 1. The van der Waals surface area contributed by atoms with E-state index >= 15 is 0 Å². The zero-order valence-electron chi connectivity index (χ0n) is 15.1. The number of nitrogens with one attached hydrogen (secondary N) is 1. The second kappa shape index (κ2) is 7.95. The van der Waals surface area contributed by atoms with Crippen molar-refractivity contribution in [2.24, 2.45) is 0 Å². The summed E-state index contributed by atoms with van der Waals surface area (Å²) in [5.74, 6) is 0.490. The lowest BCUT2D eigenvalue weighted by Gasteiger charge is -2.38. The molecule has 1 amide bonds. The highest BCUT2D eigenvalue weighted by Gasteiger charge is 2.48. The lowest BCUT2D eigenvalue weighted by atomic mass is 9.72. The molecule has 0 unspecified atom stereocenters. The van der Waals surface area contributed by atoms with Crippen LogP contribution in [0.5, 0.6) is 0 Å². The van der Waals surface area contributed by atoms with E-state index in [1.54, 1.807) is 36.7 Å². The molecule has 0 spiro atoms. The van der Waals surface area contributed by atoms with Gasteiger partial charge in [0.05, 0.1) is 13.2 Å². The van der Waals surface area contributed by atoms with Gasteiger partial charge in [0.15, 0.2) is 5.41 Å². The van der Waals surface area contributed by atoms with Gasteiger partial charge in [-0.2, -0.15) is 0 Å². The lowest BCUT2D eigenvalue weighted by molar-refractivity contribution is -0.138. The molecule has 4 rings (SSSR count). The number of halogens is 2. The Hall–Kier alpha value is -2.34. The quantitative estimate of drug-likeness (QED) is 0.702. The van der Waals surface area contributed by atoms with E-state index in [1.165, 1.54) is 0 Å². The number of imidazole rings is 1. The zero-order valence-corrected chi connectivity index (χ0v) is 16.6. The van der Waals surface area contributed by atoms with E-state index in [1.807, 2.05) is 29.2 Å². The van der Waals surface area contributed by atoms with Gasteiger partial charge >= 0.3 is 0 Å². The van der Waals surface area contributed by atoms with Crippen LogP contribution in [0.25, 0.3) is 0 Å². The number of carbonyl (C=O) groups is 1. The van der Waals surface area contributed by atoms with Crippen molar-refractivity contribution in [3.8, 4) is 0 Å². The van der Waals surface area contributed by atoms with Gasteiger partial charge in [0.2, 0.25) is 5.91 Å². The third-order valence-corrected chi connectivity index (χ3v) is 5.53. The van der Waals surface area contributed by atoms with Gasteiger partial charge in [-0.25, -0.2) is 4.98 Å². The van der Waals surface area contributed by atoms with E-state index in [-0.39, 0.29) is 5.91 Å². The SMILES string of the molecule is O=C(N1CCOCC1)C(c1ccc(Cl)cc1)(c1ccc(Cl)cc1)c1ncc[nH]1. The van der Waals surface area contributed by atoms with E-state index in [4.69, 9.17) is 27.9 Å². The molecular formula is C21H19Cl2N3O2. The topological polar surface area (TPSA) is 58.2 Å². The first-order chi connectivity index (χ1) is 13.6. The van der Waals surface area contributed by atoms with Crippen LogP contribution in [0.1, 0.15) is 17.0 Å². The molecule has 1 N–H and O–H groups in total. The molecule has 28 heavy (non-hydrogen) atoms. The molecule has 1 fully saturated rings. The molecule has 1 aliphatic heterocycles.